The molecule has 0 aliphatic carbocycles. The highest BCUT2D eigenvalue weighted by Crippen LogP contribution is 2.27. The number of ether oxygens (including phenoxy) is 1. The maximum absolute atomic E-state index is 12.9. The normalized spacial score (nSPS) is 18.5. The summed E-state index contributed by atoms with van der Waals surface area (Å²) in [6.07, 6.45) is -2.82. The summed E-state index contributed by atoms with van der Waals surface area (Å²) < 4.78 is 43.7. The van der Waals surface area contributed by atoms with E-state index in [2.05, 4.69) is 20.3 Å². The standard InChI is InChI=1S/C17H17F3N6O2/c1-9-8-28-16(27)26(9)11-4-3-10-6-23-15(24-12(10)5-11)25-13(7-22-2)14(21)17(18,19)20/h3-7,9H,8,21H2,1-2H3,(H,23,24,25)/b14-13+,22-7?/t9-/m0/s1. The van der Waals surface area contributed by atoms with Crippen LogP contribution in [-0.4, -0.2) is 48.1 Å². The van der Waals surface area contributed by atoms with Gasteiger partial charge in [0.05, 0.1) is 17.3 Å². The summed E-state index contributed by atoms with van der Waals surface area (Å²) >= 11 is 0. The minimum absolute atomic E-state index is 0.0937. The smallest absolute Gasteiger partial charge is 0.432 e. The third-order valence-corrected chi connectivity index (χ3v) is 4.03. The first-order valence-electron chi connectivity index (χ1n) is 8.19. The fraction of sp³-hybridized carbons (Fsp3) is 0.294. The van der Waals surface area contributed by atoms with Crippen molar-refractivity contribution in [1.82, 2.24) is 9.97 Å². The average Bonchev–Trinajstić information content (AvgIpc) is 2.97. The zero-order valence-electron chi connectivity index (χ0n) is 15.0. The number of fused-ring (bicyclic) bond motifs is 1. The summed E-state index contributed by atoms with van der Waals surface area (Å²) in [7, 11) is 1.31. The second kappa shape index (κ2) is 7.33. The number of aromatic nitrogens is 2. The van der Waals surface area contributed by atoms with Gasteiger partial charge in [-0.25, -0.2) is 14.8 Å². The van der Waals surface area contributed by atoms with E-state index in [0.717, 1.165) is 6.21 Å². The van der Waals surface area contributed by atoms with E-state index in [1.807, 2.05) is 6.92 Å². The van der Waals surface area contributed by atoms with Gasteiger partial charge in [0.15, 0.2) is 0 Å². The molecule has 1 amide bonds. The molecule has 1 saturated heterocycles. The molecule has 1 fully saturated rings. The molecule has 3 rings (SSSR count). The first-order chi connectivity index (χ1) is 13.2. The van der Waals surface area contributed by atoms with Gasteiger partial charge >= 0.3 is 12.3 Å². The van der Waals surface area contributed by atoms with Crippen molar-refractivity contribution in [3.8, 4) is 0 Å². The molecule has 0 unspecified atom stereocenters. The highest BCUT2D eigenvalue weighted by atomic mass is 19.4. The molecule has 0 radical (unpaired) electrons. The van der Waals surface area contributed by atoms with Crippen LogP contribution in [-0.2, 0) is 4.74 Å². The SMILES string of the molecule is CN=C/C(Nc1ncc2ccc(N3C(=O)OC[C@@H]3C)cc2n1)=C(\N)C(F)(F)F. The monoisotopic (exact) mass is 394 g/mol. The Morgan fingerprint density at radius 3 is 2.82 bits per heavy atom. The average molecular weight is 394 g/mol. The second-order valence-corrected chi connectivity index (χ2v) is 6.07. The molecule has 0 spiro atoms. The molecular formula is C17H17F3N6O2. The summed E-state index contributed by atoms with van der Waals surface area (Å²) in [5.41, 5.74) is 4.35. The van der Waals surface area contributed by atoms with E-state index < -0.39 is 23.7 Å². The van der Waals surface area contributed by atoms with E-state index in [1.54, 1.807) is 18.2 Å². The molecule has 0 saturated carbocycles. The molecule has 1 aromatic carbocycles. The quantitative estimate of drug-likeness (QED) is 0.773. The number of allylic oxidation sites excluding steroid dienone is 2. The number of carbonyl (C=O) groups excluding carboxylic acids is 1. The number of aliphatic imine (C=N–C) groups is 1. The number of nitrogens with zero attached hydrogens (tertiary/aromatic N) is 4. The lowest BCUT2D eigenvalue weighted by Gasteiger charge is -2.18. The van der Waals surface area contributed by atoms with Crippen molar-refractivity contribution in [3.05, 3.63) is 35.8 Å². The highest BCUT2D eigenvalue weighted by molar-refractivity contribution is 5.93. The van der Waals surface area contributed by atoms with Crippen LogP contribution in [0.15, 0.2) is 40.8 Å². The van der Waals surface area contributed by atoms with Crippen LogP contribution in [0.25, 0.3) is 10.9 Å². The van der Waals surface area contributed by atoms with Gasteiger partial charge in [-0.05, 0) is 25.1 Å². The number of nitrogens with two attached hydrogens (primary N) is 1. The zero-order valence-corrected chi connectivity index (χ0v) is 15.0. The Kier molecular flexibility index (Phi) is 5.08. The van der Waals surface area contributed by atoms with Gasteiger partial charge in [-0.1, -0.05) is 0 Å². The number of halogens is 3. The van der Waals surface area contributed by atoms with Crippen LogP contribution >= 0.6 is 0 Å². The van der Waals surface area contributed by atoms with Gasteiger partial charge in [-0.15, -0.1) is 0 Å². The third-order valence-electron chi connectivity index (χ3n) is 4.03. The number of amides is 1. The lowest BCUT2D eigenvalue weighted by Crippen LogP contribution is -2.30. The molecule has 2 aromatic rings. The minimum atomic E-state index is -4.74. The molecule has 0 bridgehead atoms. The maximum atomic E-state index is 12.9. The van der Waals surface area contributed by atoms with Crippen molar-refractivity contribution in [2.45, 2.75) is 19.1 Å². The van der Waals surface area contributed by atoms with Crippen molar-refractivity contribution in [2.24, 2.45) is 10.7 Å². The number of cyclic esters (lactones) is 1. The Balaban J connectivity index is 1.98. The summed E-state index contributed by atoms with van der Waals surface area (Å²) in [6.45, 7) is 2.11. The Bertz CT molecular complexity index is 973. The lowest BCUT2D eigenvalue weighted by atomic mass is 10.2. The number of benzene rings is 1. The van der Waals surface area contributed by atoms with Gasteiger partial charge < -0.3 is 15.8 Å². The maximum Gasteiger partial charge on any atom is 0.432 e. The van der Waals surface area contributed by atoms with Crippen LogP contribution in [0.4, 0.5) is 29.6 Å². The van der Waals surface area contributed by atoms with Gasteiger partial charge in [0, 0.05) is 30.5 Å². The molecule has 1 atom stereocenters. The largest absolute Gasteiger partial charge is 0.447 e. The van der Waals surface area contributed by atoms with Crippen molar-refractivity contribution in [1.29, 1.82) is 0 Å². The molecular weight excluding hydrogens is 377 g/mol. The molecule has 148 valence electrons. The second-order valence-electron chi connectivity index (χ2n) is 6.07. The first-order valence-corrected chi connectivity index (χ1v) is 8.19. The van der Waals surface area contributed by atoms with Gasteiger partial charge in [0.2, 0.25) is 5.95 Å². The van der Waals surface area contributed by atoms with Crippen molar-refractivity contribution >= 4 is 34.8 Å². The van der Waals surface area contributed by atoms with Crippen LogP contribution < -0.4 is 16.0 Å². The Morgan fingerprint density at radius 2 is 2.21 bits per heavy atom. The van der Waals surface area contributed by atoms with Gasteiger partial charge in [-0.2, -0.15) is 13.2 Å². The Hall–Kier alpha value is -3.37. The van der Waals surface area contributed by atoms with E-state index >= 15 is 0 Å². The van der Waals surface area contributed by atoms with Crippen molar-refractivity contribution in [2.75, 3.05) is 23.9 Å². The number of hydrogen-bond donors (Lipinski definition) is 2. The fourth-order valence-electron chi connectivity index (χ4n) is 2.67. The van der Waals surface area contributed by atoms with Crippen LogP contribution in [0.5, 0.6) is 0 Å². The summed E-state index contributed by atoms with van der Waals surface area (Å²) in [5.74, 6) is -0.0937. The fourth-order valence-corrected chi connectivity index (χ4v) is 2.67. The van der Waals surface area contributed by atoms with Gasteiger partial charge in [0.1, 0.15) is 12.3 Å². The van der Waals surface area contributed by atoms with E-state index in [4.69, 9.17) is 10.5 Å². The molecule has 2 heterocycles. The molecule has 11 heteroatoms. The number of nitrogens with one attached hydrogen (secondary N) is 1. The summed E-state index contributed by atoms with van der Waals surface area (Å²) in [5, 5.41) is 3.09. The number of alkyl halides is 3. The van der Waals surface area contributed by atoms with Gasteiger partial charge in [-0.3, -0.25) is 9.89 Å². The van der Waals surface area contributed by atoms with Crippen LogP contribution in [0.3, 0.4) is 0 Å². The van der Waals surface area contributed by atoms with E-state index in [-0.39, 0.29) is 18.6 Å². The number of rotatable bonds is 4. The third kappa shape index (κ3) is 3.82. The lowest BCUT2D eigenvalue weighted by molar-refractivity contribution is -0.0930. The van der Waals surface area contributed by atoms with Crippen LogP contribution in [0, 0.1) is 0 Å². The molecule has 1 aliphatic rings. The molecule has 8 nitrogen and oxygen atoms in total. The number of hydrogen-bond acceptors (Lipinski definition) is 7. The van der Waals surface area contributed by atoms with E-state index in [1.165, 1.54) is 18.1 Å². The Labute approximate surface area is 157 Å². The van der Waals surface area contributed by atoms with Crippen molar-refractivity contribution < 1.29 is 22.7 Å². The van der Waals surface area contributed by atoms with Crippen LogP contribution in [0.2, 0.25) is 0 Å². The number of anilines is 2. The first kappa shape index (κ1) is 19.4. The van der Waals surface area contributed by atoms with Gasteiger partial charge in [0.25, 0.3) is 0 Å². The minimum Gasteiger partial charge on any atom is -0.447 e. The highest BCUT2D eigenvalue weighted by Gasteiger charge is 2.34. The zero-order chi connectivity index (χ0) is 20.5. The van der Waals surface area contributed by atoms with Crippen molar-refractivity contribution in [3.63, 3.8) is 0 Å². The topological polar surface area (TPSA) is 106 Å². The number of carbonyl (C=O) groups is 1. The van der Waals surface area contributed by atoms with Crippen LogP contribution in [0.1, 0.15) is 6.92 Å². The Morgan fingerprint density at radius 1 is 1.46 bits per heavy atom. The summed E-state index contributed by atoms with van der Waals surface area (Å²) in [4.78, 5) is 25.2. The molecule has 3 N–H and O–H groups in total. The predicted octanol–water partition coefficient (Wildman–Crippen LogP) is 2.82. The molecule has 1 aromatic heterocycles. The summed E-state index contributed by atoms with van der Waals surface area (Å²) in [6, 6.07) is 4.92. The molecule has 1 aliphatic heterocycles. The van der Waals surface area contributed by atoms with E-state index in [9.17, 15) is 18.0 Å². The van der Waals surface area contributed by atoms with E-state index in [0.29, 0.717) is 16.6 Å². The predicted molar refractivity (Wildman–Crippen MR) is 98.1 cm³/mol. The molecule has 28 heavy (non-hydrogen) atoms.